The van der Waals surface area contributed by atoms with Gasteiger partial charge >= 0.3 is 6.18 Å². The summed E-state index contributed by atoms with van der Waals surface area (Å²) in [5.41, 5.74) is -3.87. The van der Waals surface area contributed by atoms with Crippen LogP contribution in [-0.2, 0) is 0 Å². The molecule has 0 heterocycles. The molecule has 2 rings (SSSR count). The van der Waals surface area contributed by atoms with E-state index < -0.39 is 33.7 Å². The van der Waals surface area contributed by atoms with E-state index in [2.05, 4.69) is 5.32 Å². The van der Waals surface area contributed by atoms with Crippen LogP contribution < -0.4 is 10.1 Å². The van der Waals surface area contributed by atoms with Crippen LogP contribution in [0.1, 0.15) is 0 Å². The summed E-state index contributed by atoms with van der Waals surface area (Å²) in [6, 6.07) is 2.87. The summed E-state index contributed by atoms with van der Waals surface area (Å²) in [6.45, 7) is 0. The fraction of sp³-hybridized carbons (Fsp3) is 0.286. The van der Waals surface area contributed by atoms with Crippen LogP contribution in [0.3, 0.4) is 0 Å². The Balaban J connectivity index is 2.51. The molecule has 0 saturated carbocycles. The van der Waals surface area contributed by atoms with Crippen molar-refractivity contribution in [3.8, 4) is 5.75 Å². The van der Waals surface area contributed by atoms with E-state index in [4.69, 9.17) is 16.3 Å². The van der Waals surface area contributed by atoms with Crippen molar-refractivity contribution >= 4 is 23.0 Å². The number of halogens is 5. The molecule has 0 aliphatic heterocycles. The first-order chi connectivity index (χ1) is 11.1. The number of nitro benzene ring substituents is 1. The summed E-state index contributed by atoms with van der Waals surface area (Å²) in [6.07, 6.45) is -2.55. The highest BCUT2D eigenvalue weighted by Gasteiger charge is 2.65. The maximum Gasteiger partial charge on any atom is 0.436 e. The molecule has 1 aliphatic rings. The van der Waals surface area contributed by atoms with Gasteiger partial charge in [-0.05, 0) is 12.1 Å². The molecule has 0 fully saturated rings. The van der Waals surface area contributed by atoms with Gasteiger partial charge in [0.25, 0.3) is 11.3 Å². The van der Waals surface area contributed by atoms with E-state index >= 15 is 0 Å². The van der Waals surface area contributed by atoms with Crippen molar-refractivity contribution in [2.75, 3.05) is 12.4 Å². The van der Waals surface area contributed by atoms with Crippen molar-refractivity contribution < 1.29 is 27.2 Å². The minimum absolute atomic E-state index is 0.0864. The Morgan fingerprint density at radius 1 is 1.42 bits per heavy atom. The zero-order valence-electron chi connectivity index (χ0n) is 12.1. The molecule has 0 radical (unpaired) electrons. The molecule has 0 amide bonds. The lowest BCUT2D eigenvalue weighted by molar-refractivity contribution is -0.384. The van der Waals surface area contributed by atoms with E-state index in [1.54, 1.807) is 0 Å². The molecule has 0 saturated heterocycles. The highest BCUT2D eigenvalue weighted by molar-refractivity contribution is 6.23. The summed E-state index contributed by atoms with van der Waals surface area (Å²) in [7, 11) is 1.35. The SMILES string of the molecule is CNc1cc(OC2(C(F)(F)F)C(F)=CC=CC2Cl)ccc1[N+](=O)[O-]. The molecular formula is C14H11ClF4N2O3. The normalized spacial score (nSPS) is 23.6. The maximum absolute atomic E-state index is 14.1. The van der Waals surface area contributed by atoms with Gasteiger partial charge in [-0.1, -0.05) is 12.2 Å². The summed E-state index contributed by atoms with van der Waals surface area (Å²) in [5, 5.41) is 11.5. The summed E-state index contributed by atoms with van der Waals surface area (Å²) < 4.78 is 59.6. The van der Waals surface area contributed by atoms with Crippen LogP contribution in [0.25, 0.3) is 0 Å². The van der Waals surface area contributed by atoms with Gasteiger partial charge in [0.05, 0.1) is 4.92 Å². The number of nitrogens with one attached hydrogen (secondary N) is 1. The van der Waals surface area contributed by atoms with E-state index in [1.165, 1.54) is 7.05 Å². The Kier molecular flexibility index (Phi) is 4.75. The number of nitro groups is 1. The number of benzene rings is 1. The Bertz CT molecular complexity index is 720. The van der Waals surface area contributed by atoms with Gasteiger partial charge in [0, 0.05) is 19.2 Å². The van der Waals surface area contributed by atoms with E-state index in [1.807, 2.05) is 0 Å². The fourth-order valence-electron chi connectivity index (χ4n) is 2.21. The van der Waals surface area contributed by atoms with E-state index in [0.717, 1.165) is 30.4 Å². The van der Waals surface area contributed by atoms with Gasteiger partial charge in [0.2, 0.25) is 0 Å². The lowest BCUT2D eigenvalue weighted by Crippen LogP contribution is -2.57. The molecule has 2 unspecified atom stereocenters. The van der Waals surface area contributed by atoms with Crippen LogP contribution in [0.5, 0.6) is 5.75 Å². The Hall–Kier alpha value is -2.29. The van der Waals surface area contributed by atoms with Gasteiger partial charge in [0.15, 0.2) is 5.83 Å². The second kappa shape index (κ2) is 6.31. The molecule has 5 nitrogen and oxygen atoms in total. The van der Waals surface area contributed by atoms with Crippen LogP contribution in [0.15, 0.2) is 42.3 Å². The van der Waals surface area contributed by atoms with Crippen molar-refractivity contribution in [3.05, 3.63) is 52.4 Å². The van der Waals surface area contributed by atoms with Crippen molar-refractivity contribution in [2.45, 2.75) is 17.2 Å². The van der Waals surface area contributed by atoms with Gasteiger partial charge < -0.3 is 10.1 Å². The molecule has 0 spiro atoms. The second-order valence-electron chi connectivity index (χ2n) is 4.82. The topological polar surface area (TPSA) is 64.4 Å². The fourth-order valence-corrected chi connectivity index (χ4v) is 2.56. The molecule has 1 aromatic carbocycles. The smallest absolute Gasteiger partial charge is 0.436 e. The zero-order valence-corrected chi connectivity index (χ0v) is 12.9. The predicted octanol–water partition coefficient (Wildman–Crippen LogP) is 4.35. The number of allylic oxidation sites excluding steroid dienone is 2. The predicted molar refractivity (Wildman–Crippen MR) is 80.0 cm³/mol. The third-order valence-electron chi connectivity index (χ3n) is 3.40. The molecule has 10 heteroatoms. The quantitative estimate of drug-likeness (QED) is 0.372. The summed E-state index contributed by atoms with van der Waals surface area (Å²) in [4.78, 5) is 10.1. The first-order valence-electron chi connectivity index (χ1n) is 6.54. The molecule has 1 N–H and O–H groups in total. The second-order valence-corrected chi connectivity index (χ2v) is 5.29. The number of hydrogen-bond acceptors (Lipinski definition) is 4. The maximum atomic E-state index is 14.1. The third-order valence-corrected chi connectivity index (χ3v) is 3.85. The van der Waals surface area contributed by atoms with E-state index in [9.17, 15) is 27.7 Å². The molecule has 2 atom stereocenters. The van der Waals surface area contributed by atoms with Gasteiger partial charge in [0.1, 0.15) is 16.8 Å². The van der Waals surface area contributed by atoms with Gasteiger partial charge in [-0.15, -0.1) is 11.6 Å². The van der Waals surface area contributed by atoms with Crippen LogP contribution in [0.4, 0.5) is 28.9 Å². The Morgan fingerprint density at radius 2 is 2.08 bits per heavy atom. The van der Waals surface area contributed by atoms with Crippen molar-refractivity contribution in [1.82, 2.24) is 0 Å². The molecule has 0 bridgehead atoms. The highest BCUT2D eigenvalue weighted by atomic mass is 35.5. The molecule has 0 aromatic heterocycles. The lowest BCUT2D eigenvalue weighted by Gasteiger charge is -2.38. The average molecular weight is 367 g/mol. The minimum Gasteiger partial charge on any atom is -0.468 e. The van der Waals surface area contributed by atoms with Gasteiger partial charge in [-0.3, -0.25) is 10.1 Å². The summed E-state index contributed by atoms with van der Waals surface area (Å²) >= 11 is 5.69. The van der Waals surface area contributed by atoms with Crippen molar-refractivity contribution in [3.63, 3.8) is 0 Å². The first kappa shape index (κ1) is 18.1. The molecule has 1 aromatic rings. The summed E-state index contributed by atoms with van der Waals surface area (Å²) in [5.74, 6) is -2.03. The van der Waals surface area contributed by atoms with Crippen LogP contribution >= 0.6 is 11.6 Å². The molecule has 130 valence electrons. The van der Waals surface area contributed by atoms with Crippen molar-refractivity contribution in [2.24, 2.45) is 0 Å². The standard InChI is InChI=1S/C14H11ClF4N2O3/c1-20-9-7-8(5-6-10(9)21(22)23)24-13(14(17,18)19)11(15)3-2-4-12(13)16/h2-7,11,20H,1H3. The number of alkyl halides is 4. The van der Waals surface area contributed by atoms with Crippen LogP contribution in [0.2, 0.25) is 0 Å². The zero-order chi connectivity index (χ0) is 18.1. The van der Waals surface area contributed by atoms with Gasteiger partial charge in [-0.25, -0.2) is 4.39 Å². The first-order valence-corrected chi connectivity index (χ1v) is 6.97. The number of ether oxygens (including phenoxy) is 1. The highest BCUT2D eigenvalue weighted by Crippen LogP contribution is 2.47. The number of rotatable bonds is 4. The average Bonchev–Trinajstić information content (AvgIpc) is 2.49. The number of nitrogens with zero attached hydrogens (tertiary/aromatic N) is 1. The van der Waals surface area contributed by atoms with Crippen LogP contribution in [0, 0.1) is 10.1 Å². The largest absolute Gasteiger partial charge is 0.468 e. The third kappa shape index (κ3) is 2.91. The van der Waals surface area contributed by atoms with E-state index in [0.29, 0.717) is 6.08 Å². The van der Waals surface area contributed by atoms with Crippen molar-refractivity contribution in [1.29, 1.82) is 0 Å². The Labute approximate surface area is 138 Å². The Morgan fingerprint density at radius 3 is 2.58 bits per heavy atom. The number of hydrogen-bond donors (Lipinski definition) is 1. The minimum atomic E-state index is -5.16. The van der Waals surface area contributed by atoms with Gasteiger partial charge in [-0.2, -0.15) is 13.2 Å². The molecular weight excluding hydrogens is 356 g/mol. The van der Waals surface area contributed by atoms with E-state index in [-0.39, 0.29) is 11.4 Å². The monoisotopic (exact) mass is 366 g/mol. The van der Waals surface area contributed by atoms with Crippen LogP contribution in [-0.4, -0.2) is 29.1 Å². The molecule has 1 aliphatic carbocycles. The molecule has 24 heavy (non-hydrogen) atoms. The number of anilines is 1. The lowest BCUT2D eigenvalue weighted by atomic mass is 9.92.